The molecule has 1 heterocycles. The Kier molecular flexibility index (Phi) is 4.46. The minimum Gasteiger partial charge on any atom is -0.320 e. The van der Waals surface area contributed by atoms with Crippen LogP contribution in [0.2, 0.25) is 0 Å². The van der Waals surface area contributed by atoms with Crippen LogP contribution in [-0.4, -0.2) is 26.3 Å². The molecule has 0 bridgehead atoms. The largest absolute Gasteiger partial charge is 0.320 e. The number of nitrogens with zero attached hydrogens (tertiary/aromatic N) is 1. The van der Waals surface area contributed by atoms with Gasteiger partial charge < -0.3 is 5.73 Å². The molecule has 0 amide bonds. The lowest BCUT2D eigenvalue weighted by Crippen LogP contribution is -2.32. The van der Waals surface area contributed by atoms with Crippen LogP contribution < -0.4 is 10.9 Å². The zero-order valence-corrected chi connectivity index (χ0v) is 10.4. The van der Waals surface area contributed by atoms with Crippen LogP contribution in [0.15, 0.2) is 11.4 Å². The molecule has 0 saturated carbocycles. The molecule has 1 aromatic rings. The van der Waals surface area contributed by atoms with Gasteiger partial charge in [-0.2, -0.15) is 12.7 Å². The van der Waals surface area contributed by atoms with Gasteiger partial charge in [-0.3, -0.25) is 0 Å². The summed E-state index contributed by atoms with van der Waals surface area (Å²) in [6.07, 6.45) is 0. The van der Waals surface area contributed by atoms with Crippen molar-refractivity contribution in [1.82, 2.24) is 4.31 Å². The predicted octanol–water partition coefficient (Wildman–Crippen LogP) is -0.306. The fraction of sp³-hybridized carbons (Fsp3) is 0.333. The Hall–Kier alpha value is -0.910. The van der Waals surface area contributed by atoms with Gasteiger partial charge >= 0.3 is 0 Å². The Morgan fingerprint density at radius 3 is 2.81 bits per heavy atom. The van der Waals surface area contributed by atoms with Crippen LogP contribution in [0.4, 0.5) is 0 Å². The third-order valence-electron chi connectivity index (χ3n) is 1.80. The van der Waals surface area contributed by atoms with Gasteiger partial charge in [0.05, 0.1) is 6.54 Å². The lowest BCUT2D eigenvalue weighted by Gasteiger charge is -2.11. The van der Waals surface area contributed by atoms with Crippen LogP contribution >= 0.6 is 11.3 Å². The van der Waals surface area contributed by atoms with Gasteiger partial charge in [0.15, 0.2) is 0 Å². The summed E-state index contributed by atoms with van der Waals surface area (Å²) in [6, 6.07) is 1.83. The Bertz CT molecular complexity index is 510. The smallest absolute Gasteiger partial charge is 0.276 e. The zero-order chi connectivity index (χ0) is 12.2. The predicted molar refractivity (Wildman–Crippen MR) is 64.8 cm³/mol. The normalized spacial score (nSPS) is 11.2. The fourth-order valence-corrected chi connectivity index (χ4v) is 2.26. The molecule has 0 unspecified atom stereocenters. The van der Waals surface area contributed by atoms with Crippen molar-refractivity contribution in [3.05, 3.63) is 21.9 Å². The molecule has 5 nitrogen and oxygen atoms in total. The van der Waals surface area contributed by atoms with Crippen LogP contribution in [0.3, 0.4) is 0 Å². The summed E-state index contributed by atoms with van der Waals surface area (Å²) in [7, 11) is -2.19. The Morgan fingerprint density at radius 2 is 2.25 bits per heavy atom. The van der Waals surface area contributed by atoms with Crippen LogP contribution in [0.5, 0.6) is 0 Å². The number of thiophene rings is 1. The highest BCUT2D eigenvalue weighted by Gasteiger charge is 2.12. The molecule has 0 aliphatic carbocycles. The molecule has 1 rings (SSSR count). The third-order valence-corrected chi connectivity index (χ3v) is 3.72. The van der Waals surface area contributed by atoms with Gasteiger partial charge in [0.25, 0.3) is 10.2 Å². The van der Waals surface area contributed by atoms with Crippen LogP contribution in [0.25, 0.3) is 0 Å². The highest BCUT2D eigenvalue weighted by Crippen LogP contribution is 2.16. The minimum atomic E-state index is -3.62. The summed E-state index contributed by atoms with van der Waals surface area (Å²) in [5.41, 5.74) is 6.09. The van der Waals surface area contributed by atoms with E-state index in [9.17, 15) is 8.42 Å². The van der Waals surface area contributed by atoms with E-state index in [1.807, 2.05) is 11.4 Å². The van der Waals surface area contributed by atoms with E-state index in [0.717, 1.165) is 14.7 Å². The first-order chi connectivity index (χ1) is 7.43. The fourth-order valence-electron chi connectivity index (χ4n) is 0.992. The highest BCUT2D eigenvalue weighted by molar-refractivity contribution is 7.86. The van der Waals surface area contributed by atoms with E-state index >= 15 is 0 Å². The van der Waals surface area contributed by atoms with E-state index in [-0.39, 0.29) is 6.54 Å². The van der Waals surface area contributed by atoms with Crippen molar-refractivity contribution in [2.75, 3.05) is 13.6 Å². The molecule has 0 fully saturated rings. The molecule has 88 valence electrons. The number of nitrogens with two attached hydrogens (primary N) is 2. The Balaban J connectivity index is 2.73. The van der Waals surface area contributed by atoms with E-state index < -0.39 is 10.2 Å². The molecule has 0 radical (unpaired) electrons. The van der Waals surface area contributed by atoms with Crippen molar-refractivity contribution in [2.24, 2.45) is 10.9 Å². The van der Waals surface area contributed by atoms with Gasteiger partial charge in [0.2, 0.25) is 0 Å². The molecule has 0 atom stereocenters. The van der Waals surface area contributed by atoms with Crippen LogP contribution in [-0.2, 0) is 16.8 Å². The molecular weight excluding hydrogens is 246 g/mol. The molecule has 4 N–H and O–H groups in total. The topological polar surface area (TPSA) is 89.4 Å². The van der Waals surface area contributed by atoms with Crippen molar-refractivity contribution < 1.29 is 8.42 Å². The van der Waals surface area contributed by atoms with E-state index in [0.29, 0.717) is 6.54 Å². The molecule has 7 heteroatoms. The summed E-state index contributed by atoms with van der Waals surface area (Å²) in [4.78, 5) is 0.887. The van der Waals surface area contributed by atoms with Gasteiger partial charge in [-0.05, 0) is 6.07 Å². The average Bonchev–Trinajstić information content (AvgIpc) is 2.61. The lowest BCUT2D eigenvalue weighted by atomic mass is 10.3. The van der Waals surface area contributed by atoms with Crippen LogP contribution in [0.1, 0.15) is 10.4 Å². The van der Waals surface area contributed by atoms with E-state index in [4.69, 9.17) is 10.9 Å². The lowest BCUT2D eigenvalue weighted by molar-refractivity contribution is 0.471. The molecule has 16 heavy (non-hydrogen) atoms. The second-order valence-electron chi connectivity index (χ2n) is 3.11. The minimum absolute atomic E-state index is 0.258. The van der Waals surface area contributed by atoms with Crippen molar-refractivity contribution in [2.45, 2.75) is 6.54 Å². The van der Waals surface area contributed by atoms with E-state index in [1.54, 1.807) is 0 Å². The first kappa shape index (κ1) is 13.2. The highest BCUT2D eigenvalue weighted by atomic mass is 32.2. The van der Waals surface area contributed by atoms with E-state index in [2.05, 4.69) is 11.8 Å². The standard InChI is InChI=1S/C9H13N3O2S2/c1-12(16(11,13)14)6-9-5-8(7-15-9)3-2-4-10/h5,7H,4,6,10H2,1H3,(H2,11,13,14). The number of hydrogen-bond donors (Lipinski definition) is 2. The van der Waals surface area contributed by atoms with Gasteiger partial charge in [-0.25, -0.2) is 5.14 Å². The third kappa shape index (κ3) is 3.92. The summed E-state index contributed by atoms with van der Waals surface area (Å²) in [5.74, 6) is 5.60. The summed E-state index contributed by atoms with van der Waals surface area (Å²) in [6.45, 7) is 0.566. The SMILES string of the molecule is CN(Cc1cc(C#CCN)cs1)S(N)(=O)=O. The van der Waals surface area contributed by atoms with Crippen molar-refractivity contribution in [1.29, 1.82) is 0 Å². The molecule has 0 spiro atoms. The van der Waals surface area contributed by atoms with Gasteiger partial charge in [0.1, 0.15) is 0 Å². The molecule has 1 aromatic heterocycles. The van der Waals surface area contributed by atoms with Gasteiger partial charge in [-0.15, -0.1) is 11.3 Å². The monoisotopic (exact) mass is 259 g/mol. The molecular formula is C9H13N3O2S2. The zero-order valence-electron chi connectivity index (χ0n) is 8.80. The quantitative estimate of drug-likeness (QED) is 0.730. The first-order valence-electron chi connectivity index (χ1n) is 4.44. The molecule has 0 aliphatic heterocycles. The summed E-state index contributed by atoms with van der Waals surface area (Å²) >= 11 is 1.44. The summed E-state index contributed by atoms with van der Waals surface area (Å²) in [5, 5.41) is 6.83. The summed E-state index contributed by atoms with van der Waals surface area (Å²) < 4.78 is 23.0. The van der Waals surface area contributed by atoms with Crippen LogP contribution in [0, 0.1) is 11.8 Å². The van der Waals surface area contributed by atoms with Gasteiger partial charge in [0, 0.05) is 29.4 Å². The molecule has 0 aromatic carbocycles. The average molecular weight is 259 g/mol. The Labute approximate surface area is 99.2 Å². The maximum absolute atomic E-state index is 11.0. The van der Waals surface area contributed by atoms with Crippen molar-refractivity contribution >= 4 is 21.5 Å². The second kappa shape index (κ2) is 5.43. The maximum Gasteiger partial charge on any atom is 0.276 e. The van der Waals surface area contributed by atoms with E-state index in [1.165, 1.54) is 18.4 Å². The van der Waals surface area contributed by atoms with Crippen molar-refractivity contribution in [3.8, 4) is 11.8 Å². The molecule has 0 saturated heterocycles. The first-order valence-corrected chi connectivity index (χ1v) is 6.82. The Morgan fingerprint density at radius 1 is 1.56 bits per heavy atom. The van der Waals surface area contributed by atoms with Crippen molar-refractivity contribution in [3.63, 3.8) is 0 Å². The second-order valence-corrected chi connectivity index (χ2v) is 5.76. The maximum atomic E-state index is 11.0. The van der Waals surface area contributed by atoms with Gasteiger partial charge in [-0.1, -0.05) is 11.8 Å². The number of rotatable bonds is 3. The molecule has 0 aliphatic rings. The number of hydrogen-bond acceptors (Lipinski definition) is 4.